The van der Waals surface area contributed by atoms with Gasteiger partial charge in [-0.15, -0.1) is 0 Å². The molecule has 6 nitrogen and oxygen atoms in total. The van der Waals surface area contributed by atoms with Crippen molar-refractivity contribution in [2.45, 2.75) is 5.92 Å². The van der Waals surface area contributed by atoms with E-state index in [9.17, 15) is 4.79 Å². The molecule has 1 amide bonds. The molecule has 1 aromatic heterocycles. The molecule has 0 saturated carbocycles. The van der Waals surface area contributed by atoms with Crippen molar-refractivity contribution < 1.29 is 9.53 Å². The van der Waals surface area contributed by atoms with Crippen LogP contribution < -0.4 is 5.32 Å². The van der Waals surface area contributed by atoms with E-state index in [1.54, 1.807) is 12.3 Å². The summed E-state index contributed by atoms with van der Waals surface area (Å²) in [6.45, 7) is 3.67. The monoisotopic (exact) mass is 282 g/mol. The molecule has 0 bridgehead atoms. The van der Waals surface area contributed by atoms with E-state index in [1.807, 2.05) is 0 Å². The Kier molecular flexibility index (Phi) is 5.56. The topological polar surface area (TPSA) is 67.4 Å². The van der Waals surface area contributed by atoms with Crippen LogP contribution in [0.3, 0.4) is 0 Å². The standard InChI is InChI=1S/C12H18N4O2S/c17-12(15-9-16-3-5-18-6-4-16)10(7-19)11-1-2-13-8-14-11/h1-2,8,10,19H,3-7,9H2,(H,15,17). The lowest BCUT2D eigenvalue weighted by molar-refractivity contribution is -0.123. The van der Waals surface area contributed by atoms with Crippen molar-refractivity contribution in [1.82, 2.24) is 20.2 Å². The maximum atomic E-state index is 12.1. The fraction of sp³-hybridized carbons (Fsp3) is 0.583. The molecular weight excluding hydrogens is 264 g/mol. The van der Waals surface area contributed by atoms with Crippen LogP contribution in [0.2, 0.25) is 0 Å². The number of aromatic nitrogens is 2. The third kappa shape index (κ3) is 4.15. The number of rotatable bonds is 5. The molecular formula is C12H18N4O2S. The van der Waals surface area contributed by atoms with Gasteiger partial charge in [0.25, 0.3) is 0 Å². The van der Waals surface area contributed by atoms with Gasteiger partial charge in [-0.1, -0.05) is 0 Å². The summed E-state index contributed by atoms with van der Waals surface area (Å²) in [6.07, 6.45) is 3.08. The molecule has 1 unspecified atom stereocenters. The molecule has 0 radical (unpaired) electrons. The third-order valence-corrected chi connectivity index (χ3v) is 3.41. The van der Waals surface area contributed by atoms with Crippen molar-refractivity contribution in [1.29, 1.82) is 0 Å². The second-order valence-electron chi connectivity index (χ2n) is 4.30. The van der Waals surface area contributed by atoms with Gasteiger partial charge in [0.2, 0.25) is 5.91 Å². The van der Waals surface area contributed by atoms with Crippen LogP contribution in [0.15, 0.2) is 18.6 Å². The minimum Gasteiger partial charge on any atom is -0.379 e. The van der Waals surface area contributed by atoms with E-state index in [-0.39, 0.29) is 11.8 Å². The van der Waals surface area contributed by atoms with E-state index in [2.05, 4.69) is 32.8 Å². The quantitative estimate of drug-likeness (QED) is 0.738. The normalized spacial score (nSPS) is 17.9. The smallest absolute Gasteiger partial charge is 0.230 e. The van der Waals surface area contributed by atoms with Crippen LogP contribution in [-0.2, 0) is 9.53 Å². The predicted octanol–water partition coefficient (Wildman–Crippen LogP) is -0.104. The summed E-state index contributed by atoms with van der Waals surface area (Å²) in [5.74, 6) is 0.0268. The highest BCUT2D eigenvalue weighted by molar-refractivity contribution is 7.80. The first kappa shape index (κ1) is 14.2. The van der Waals surface area contributed by atoms with Gasteiger partial charge in [-0.05, 0) is 6.07 Å². The lowest BCUT2D eigenvalue weighted by Gasteiger charge is -2.27. The molecule has 0 spiro atoms. The Labute approximate surface area is 118 Å². The second kappa shape index (κ2) is 7.42. The molecule has 7 heteroatoms. The molecule has 1 fully saturated rings. The summed E-state index contributed by atoms with van der Waals surface area (Å²) >= 11 is 4.23. The van der Waals surface area contributed by atoms with Crippen LogP contribution in [0, 0.1) is 0 Å². The number of hydrogen-bond donors (Lipinski definition) is 2. The fourth-order valence-corrected chi connectivity index (χ4v) is 2.24. The summed E-state index contributed by atoms with van der Waals surface area (Å²) in [7, 11) is 0. The van der Waals surface area contributed by atoms with E-state index in [4.69, 9.17) is 4.74 Å². The van der Waals surface area contributed by atoms with Gasteiger partial charge < -0.3 is 10.1 Å². The molecule has 1 aromatic rings. The van der Waals surface area contributed by atoms with Crippen LogP contribution in [-0.4, -0.2) is 59.5 Å². The van der Waals surface area contributed by atoms with Gasteiger partial charge in [-0.3, -0.25) is 9.69 Å². The second-order valence-corrected chi connectivity index (χ2v) is 4.66. The van der Waals surface area contributed by atoms with Gasteiger partial charge in [0, 0.05) is 25.0 Å². The average molecular weight is 282 g/mol. The van der Waals surface area contributed by atoms with Crippen molar-refractivity contribution in [3.05, 3.63) is 24.3 Å². The van der Waals surface area contributed by atoms with Gasteiger partial charge in [-0.25, -0.2) is 9.97 Å². The average Bonchev–Trinajstić information content (AvgIpc) is 2.48. The summed E-state index contributed by atoms with van der Waals surface area (Å²) in [6, 6.07) is 1.75. The maximum absolute atomic E-state index is 12.1. The van der Waals surface area contributed by atoms with Crippen LogP contribution >= 0.6 is 12.6 Å². The summed E-state index contributed by atoms with van der Waals surface area (Å²) in [5.41, 5.74) is 0.699. The number of morpholine rings is 1. The Morgan fingerprint density at radius 2 is 2.32 bits per heavy atom. The number of thiol groups is 1. The van der Waals surface area contributed by atoms with Gasteiger partial charge in [0.05, 0.1) is 31.5 Å². The van der Waals surface area contributed by atoms with Crippen molar-refractivity contribution in [3.8, 4) is 0 Å². The Balaban J connectivity index is 1.86. The van der Waals surface area contributed by atoms with Crippen molar-refractivity contribution >= 4 is 18.5 Å². The maximum Gasteiger partial charge on any atom is 0.230 e. The highest BCUT2D eigenvalue weighted by Gasteiger charge is 2.21. The Morgan fingerprint density at radius 3 is 2.95 bits per heavy atom. The highest BCUT2D eigenvalue weighted by Crippen LogP contribution is 2.14. The molecule has 2 heterocycles. The van der Waals surface area contributed by atoms with E-state index in [0.29, 0.717) is 18.1 Å². The molecule has 2 rings (SSSR count). The van der Waals surface area contributed by atoms with Gasteiger partial charge in [0.15, 0.2) is 0 Å². The minimum atomic E-state index is -0.340. The largest absolute Gasteiger partial charge is 0.379 e. The molecule has 0 aliphatic carbocycles. The van der Waals surface area contributed by atoms with E-state index < -0.39 is 0 Å². The Morgan fingerprint density at radius 1 is 1.53 bits per heavy atom. The van der Waals surface area contributed by atoms with Crippen LogP contribution in [0.5, 0.6) is 0 Å². The lowest BCUT2D eigenvalue weighted by atomic mass is 10.1. The van der Waals surface area contributed by atoms with E-state index in [0.717, 1.165) is 26.3 Å². The summed E-state index contributed by atoms with van der Waals surface area (Å²) < 4.78 is 5.26. The molecule has 1 aliphatic heterocycles. The number of ether oxygens (including phenoxy) is 1. The highest BCUT2D eigenvalue weighted by atomic mass is 32.1. The number of hydrogen-bond acceptors (Lipinski definition) is 6. The zero-order valence-electron chi connectivity index (χ0n) is 10.7. The molecule has 1 aliphatic rings. The van der Waals surface area contributed by atoms with Gasteiger partial charge >= 0.3 is 0 Å². The van der Waals surface area contributed by atoms with Gasteiger partial charge in [-0.2, -0.15) is 12.6 Å². The summed E-state index contributed by atoms with van der Waals surface area (Å²) in [5, 5.41) is 2.92. The molecule has 0 aromatic carbocycles. The fourth-order valence-electron chi connectivity index (χ4n) is 1.89. The first-order chi connectivity index (χ1) is 9.31. The molecule has 1 saturated heterocycles. The van der Waals surface area contributed by atoms with Crippen LogP contribution in [0.1, 0.15) is 11.6 Å². The number of nitrogens with one attached hydrogen (secondary N) is 1. The van der Waals surface area contributed by atoms with Crippen molar-refractivity contribution in [2.24, 2.45) is 0 Å². The first-order valence-electron chi connectivity index (χ1n) is 6.26. The van der Waals surface area contributed by atoms with Crippen molar-refractivity contribution in [2.75, 3.05) is 38.7 Å². The van der Waals surface area contributed by atoms with Crippen LogP contribution in [0.25, 0.3) is 0 Å². The Hall–Kier alpha value is -1.18. The number of carbonyl (C=O) groups is 1. The Bertz CT molecular complexity index is 398. The predicted molar refractivity (Wildman–Crippen MR) is 74.0 cm³/mol. The lowest BCUT2D eigenvalue weighted by Crippen LogP contribution is -2.45. The zero-order valence-corrected chi connectivity index (χ0v) is 11.6. The molecule has 19 heavy (non-hydrogen) atoms. The van der Waals surface area contributed by atoms with Crippen LogP contribution in [0.4, 0.5) is 0 Å². The number of nitrogens with zero attached hydrogens (tertiary/aromatic N) is 3. The zero-order chi connectivity index (χ0) is 13.5. The summed E-state index contributed by atoms with van der Waals surface area (Å²) in [4.78, 5) is 22.3. The first-order valence-corrected chi connectivity index (χ1v) is 6.89. The number of carbonyl (C=O) groups excluding carboxylic acids is 1. The van der Waals surface area contributed by atoms with Crippen molar-refractivity contribution in [3.63, 3.8) is 0 Å². The molecule has 104 valence electrons. The van der Waals surface area contributed by atoms with E-state index >= 15 is 0 Å². The molecule has 1 N–H and O–H groups in total. The van der Waals surface area contributed by atoms with Gasteiger partial charge in [0.1, 0.15) is 6.33 Å². The van der Waals surface area contributed by atoms with E-state index in [1.165, 1.54) is 6.33 Å². The number of amides is 1. The third-order valence-electron chi connectivity index (χ3n) is 3.04. The minimum absolute atomic E-state index is 0.0554. The SMILES string of the molecule is O=C(NCN1CCOCC1)C(CS)c1ccncn1. The molecule has 1 atom stereocenters.